The summed E-state index contributed by atoms with van der Waals surface area (Å²) in [5, 5.41) is 7.03. The van der Waals surface area contributed by atoms with E-state index in [9.17, 15) is 14.4 Å². The van der Waals surface area contributed by atoms with Crippen LogP contribution in [-0.4, -0.2) is 34.5 Å². The summed E-state index contributed by atoms with van der Waals surface area (Å²) in [6.45, 7) is 3.68. The molecule has 9 heteroatoms. The van der Waals surface area contributed by atoms with Crippen LogP contribution in [0.2, 0.25) is 0 Å². The van der Waals surface area contributed by atoms with E-state index in [-0.39, 0.29) is 12.6 Å². The molecule has 0 radical (unpaired) electrons. The third-order valence-corrected chi connectivity index (χ3v) is 6.12. The normalized spacial score (nSPS) is 11.6. The quantitative estimate of drug-likeness (QED) is 0.398. The Morgan fingerprint density at radius 2 is 1.62 bits per heavy atom. The van der Waals surface area contributed by atoms with Gasteiger partial charge in [-0.25, -0.2) is 4.79 Å². The highest BCUT2D eigenvalue weighted by Gasteiger charge is 2.23. The van der Waals surface area contributed by atoms with Gasteiger partial charge in [-0.1, -0.05) is 54.6 Å². The second-order valence-electron chi connectivity index (χ2n) is 8.51. The molecule has 1 atom stereocenters. The van der Waals surface area contributed by atoms with E-state index >= 15 is 0 Å². The molecule has 1 amide bonds. The highest BCUT2D eigenvalue weighted by molar-refractivity contribution is 5.92. The molecule has 4 aromatic rings. The van der Waals surface area contributed by atoms with Crippen LogP contribution < -0.4 is 26.0 Å². The van der Waals surface area contributed by atoms with E-state index in [0.717, 1.165) is 25.9 Å². The Morgan fingerprint density at radius 3 is 2.30 bits per heavy atom. The van der Waals surface area contributed by atoms with Gasteiger partial charge in [0.2, 0.25) is 5.69 Å². The molecule has 1 N–H and O–H groups in total. The minimum atomic E-state index is -0.775. The maximum atomic E-state index is 13.5. The maximum Gasteiger partial charge on any atom is 0.352 e. The highest BCUT2D eigenvalue weighted by Crippen LogP contribution is 2.28. The number of aromatic nitrogens is 3. The molecule has 0 bridgehead atoms. The number of hydrogen-bond acceptors (Lipinski definition) is 6. The first kappa shape index (κ1) is 25.4. The fourth-order valence-corrected chi connectivity index (χ4v) is 3.97. The lowest BCUT2D eigenvalue weighted by Crippen LogP contribution is -2.46. The second-order valence-corrected chi connectivity index (χ2v) is 8.51. The first-order valence-corrected chi connectivity index (χ1v) is 11.7. The number of carbonyl (C=O) groups is 1. The van der Waals surface area contributed by atoms with Crippen LogP contribution in [0, 0.1) is 6.92 Å². The van der Waals surface area contributed by atoms with Crippen molar-refractivity contribution in [3.05, 3.63) is 116 Å². The molecule has 37 heavy (non-hydrogen) atoms. The number of nitrogens with one attached hydrogen (secondary N) is 1. The standard InChI is InChI=1S/C28H28N4O5/c1-18-10-8-9-13-21(18)17-31-27(34)25(26(33)29-19(2)20-11-6-5-7-12-20)30-32(28(31)35)22-14-15-23(36-3)24(16-22)37-4/h5-16,19H,17H2,1-4H3,(H,29,33)/t19-/m0/s1. The van der Waals surface area contributed by atoms with Crippen molar-refractivity contribution in [3.63, 3.8) is 0 Å². The highest BCUT2D eigenvalue weighted by atomic mass is 16.5. The first-order chi connectivity index (χ1) is 17.8. The average molecular weight is 501 g/mol. The second kappa shape index (κ2) is 10.9. The first-order valence-electron chi connectivity index (χ1n) is 11.7. The van der Waals surface area contributed by atoms with Crippen LogP contribution in [0.25, 0.3) is 5.69 Å². The molecule has 0 aliphatic carbocycles. The Morgan fingerprint density at radius 1 is 0.946 bits per heavy atom. The van der Waals surface area contributed by atoms with E-state index in [4.69, 9.17) is 9.47 Å². The fourth-order valence-electron chi connectivity index (χ4n) is 3.97. The number of carbonyl (C=O) groups excluding carboxylic acids is 1. The van der Waals surface area contributed by atoms with Gasteiger partial charge in [0, 0.05) is 6.07 Å². The van der Waals surface area contributed by atoms with Gasteiger partial charge in [0.1, 0.15) is 0 Å². The summed E-state index contributed by atoms with van der Waals surface area (Å²) in [6.07, 6.45) is 0. The van der Waals surface area contributed by atoms with Crippen LogP contribution >= 0.6 is 0 Å². The number of aryl methyl sites for hydroxylation is 1. The SMILES string of the molecule is COc1ccc(-n2nc(C(=O)N[C@@H](C)c3ccccc3)c(=O)n(Cc3ccccc3C)c2=O)cc1OC. The predicted molar refractivity (Wildman–Crippen MR) is 140 cm³/mol. The number of amides is 1. The van der Waals surface area contributed by atoms with E-state index in [2.05, 4.69) is 10.4 Å². The molecular weight excluding hydrogens is 472 g/mol. The Hall–Kier alpha value is -4.66. The lowest BCUT2D eigenvalue weighted by molar-refractivity contribution is 0.0930. The van der Waals surface area contributed by atoms with Gasteiger partial charge in [0.15, 0.2) is 11.5 Å². The number of hydrogen-bond donors (Lipinski definition) is 1. The van der Waals surface area contributed by atoms with Crippen LogP contribution in [0.3, 0.4) is 0 Å². The largest absolute Gasteiger partial charge is 0.493 e. The van der Waals surface area contributed by atoms with Crippen molar-refractivity contribution >= 4 is 5.91 Å². The van der Waals surface area contributed by atoms with E-state index in [1.807, 2.05) is 68.4 Å². The lowest BCUT2D eigenvalue weighted by Gasteiger charge is -2.16. The van der Waals surface area contributed by atoms with Gasteiger partial charge in [-0.2, -0.15) is 9.78 Å². The van der Waals surface area contributed by atoms with Crippen LogP contribution in [0.15, 0.2) is 82.4 Å². The molecule has 190 valence electrons. The van der Waals surface area contributed by atoms with E-state index in [0.29, 0.717) is 17.2 Å². The zero-order chi connectivity index (χ0) is 26.5. The number of benzene rings is 3. The molecular formula is C28H28N4O5. The van der Waals surface area contributed by atoms with Crippen molar-refractivity contribution < 1.29 is 14.3 Å². The van der Waals surface area contributed by atoms with Crippen molar-refractivity contribution in [1.82, 2.24) is 19.7 Å². The summed E-state index contributed by atoms with van der Waals surface area (Å²) in [6, 6.07) is 21.2. The molecule has 0 aliphatic rings. The molecule has 3 aromatic carbocycles. The Kier molecular flexibility index (Phi) is 7.52. The van der Waals surface area contributed by atoms with Gasteiger partial charge in [0.25, 0.3) is 11.5 Å². The van der Waals surface area contributed by atoms with Gasteiger partial charge >= 0.3 is 5.69 Å². The molecule has 0 spiro atoms. The summed E-state index contributed by atoms with van der Waals surface area (Å²) >= 11 is 0. The molecule has 0 saturated heterocycles. The zero-order valence-corrected chi connectivity index (χ0v) is 21.1. The molecule has 9 nitrogen and oxygen atoms in total. The summed E-state index contributed by atoms with van der Waals surface area (Å²) in [7, 11) is 2.97. The van der Waals surface area contributed by atoms with E-state index in [1.165, 1.54) is 14.2 Å². The Labute approximate surface area is 213 Å². The molecule has 0 saturated carbocycles. The maximum absolute atomic E-state index is 13.5. The van der Waals surface area contributed by atoms with Crippen molar-refractivity contribution in [3.8, 4) is 17.2 Å². The minimum absolute atomic E-state index is 0.0192. The van der Waals surface area contributed by atoms with Crippen LogP contribution in [0.4, 0.5) is 0 Å². The van der Waals surface area contributed by atoms with Crippen molar-refractivity contribution in [2.45, 2.75) is 26.4 Å². The summed E-state index contributed by atoms with van der Waals surface area (Å²) in [4.78, 5) is 40.3. The van der Waals surface area contributed by atoms with Crippen LogP contribution in [0.5, 0.6) is 11.5 Å². The predicted octanol–water partition coefficient (Wildman–Crippen LogP) is 3.26. The number of rotatable bonds is 8. The van der Waals surface area contributed by atoms with Crippen LogP contribution in [0.1, 0.15) is 40.1 Å². The third kappa shape index (κ3) is 5.30. The van der Waals surface area contributed by atoms with Crippen molar-refractivity contribution in [1.29, 1.82) is 0 Å². The van der Waals surface area contributed by atoms with Crippen molar-refractivity contribution in [2.24, 2.45) is 0 Å². The summed E-state index contributed by atoms with van der Waals surface area (Å²) in [5.41, 5.74) is 1.00. The topological polar surface area (TPSA) is 104 Å². The number of methoxy groups -OCH3 is 2. The van der Waals surface area contributed by atoms with Gasteiger partial charge < -0.3 is 14.8 Å². The number of nitrogens with zero attached hydrogens (tertiary/aromatic N) is 3. The summed E-state index contributed by atoms with van der Waals surface area (Å²) < 4.78 is 12.7. The van der Waals surface area contributed by atoms with Crippen LogP contribution in [-0.2, 0) is 6.54 Å². The molecule has 0 aliphatic heterocycles. The van der Waals surface area contributed by atoms with Gasteiger partial charge in [0.05, 0.1) is 32.5 Å². The fraction of sp³-hybridized carbons (Fsp3) is 0.214. The number of ether oxygens (including phenoxy) is 2. The smallest absolute Gasteiger partial charge is 0.352 e. The van der Waals surface area contributed by atoms with E-state index < -0.39 is 22.9 Å². The monoisotopic (exact) mass is 500 g/mol. The Balaban J connectivity index is 1.85. The Bertz CT molecular complexity index is 1540. The average Bonchev–Trinajstić information content (AvgIpc) is 2.92. The lowest BCUT2D eigenvalue weighted by atomic mass is 10.1. The van der Waals surface area contributed by atoms with Gasteiger partial charge in [-0.3, -0.25) is 14.2 Å². The molecule has 0 unspecified atom stereocenters. The van der Waals surface area contributed by atoms with Gasteiger partial charge in [-0.15, -0.1) is 0 Å². The van der Waals surface area contributed by atoms with Gasteiger partial charge in [-0.05, 0) is 42.7 Å². The summed E-state index contributed by atoms with van der Waals surface area (Å²) in [5.74, 6) is 0.144. The van der Waals surface area contributed by atoms with E-state index in [1.54, 1.807) is 18.2 Å². The zero-order valence-electron chi connectivity index (χ0n) is 21.1. The molecule has 1 heterocycles. The minimum Gasteiger partial charge on any atom is -0.493 e. The molecule has 4 rings (SSSR count). The van der Waals surface area contributed by atoms with Crippen molar-refractivity contribution in [2.75, 3.05) is 14.2 Å². The molecule has 0 fully saturated rings. The molecule has 1 aromatic heterocycles. The third-order valence-electron chi connectivity index (χ3n) is 6.12.